The number of hydrogen-bond donors (Lipinski definition) is 2. The van der Waals surface area contributed by atoms with E-state index in [0.29, 0.717) is 54.1 Å². The molecular formula is C32H37Cl4N7O4. The molecule has 1 aromatic carbocycles. The Labute approximate surface area is 295 Å². The third-order valence-corrected chi connectivity index (χ3v) is 9.26. The monoisotopic (exact) mass is 723 g/mol. The summed E-state index contributed by atoms with van der Waals surface area (Å²) in [5, 5.41) is 18.4. The van der Waals surface area contributed by atoms with Crippen LogP contribution >= 0.6 is 48.0 Å². The second kappa shape index (κ2) is 16.2. The zero-order valence-electron chi connectivity index (χ0n) is 25.8. The molecule has 1 amide bonds. The number of piperazine rings is 1. The van der Waals surface area contributed by atoms with Crippen molar-refractivity contribution in [2.24, 2.45) is 5.92 Å². The number of likely N-dealkylation sites (tertiary alicyclic amines) is 1. The van der Waals surface area contributed by atoms with Crippen LogP contribution < -0.4 is 9.64 Å². The van der Waals surface area contributed by atoms with E-state index in [1.807, 2.05) is 48.4 Å². The fourth-order valence-electron chi connectivity index (χ4n) is 6.14. The first-order valence-corrected chi connectivity index (χ1v) is 15.9. The van der Waals surface area contributed by atoms with Gasteiger partial charge in [-0.1, -0.05) is 23.2 Å². The van der Waals surface area contributed by atoms with Crippen LogP contribution in [0.5, 0.6) is 5.75 Å². The van der Waals surface area contributed by atoms with Crippen LogP contribution in [0, 0.1) is 5.92 Å². The molecular weight excluding hydrogens is 688 g/mol. The number of fused-ring (bicyclic) bond motifs is 1. The molecule has 0 unspecified atom stereocenters. The first-order valence-electron chi connectivity index (χ1n) is 15.1. The van der Waals surface area contributed by atoms with Gasteiger partial charge in [0, 0.05) is 73.7 Å². The molecule has 2 N–H and O–H groups in total. The van der Waals surface area contributed by atoms with Crippen molar-refractivity contribution in [2.45, 2.75) is 32.3 Å². The molecule has 0 bridgehead atoms. The number of piperidine rings is 1. The molecule has 2 fully saturated rings. The number of amides is 1. The van der Waals surface area contributed by atoms with Gasteiger partial charge in [-0.2, -0.15) is 5.10 Å². The molecule has 6 rings (SSSR count). The fourth-order valence-corrected chi connectivity index (χ4v) is 6.82. The smallest absolute Gasteiger partial charge is 0.304 e. The van der Waals surface area contributed by atoms with Gasteiger partial charge in [-0.25, -0.2) is 4.98 Å². The summed E-state index contributed by atoms with van der Waals surface area (Å²) in [6, 6.07) is 9.75. The second-order valence-electron chi connectivity index (χ2n) is 11.5. The standard InChI is InChI=1S/C32H35Cl2N7O4.2ClH/c1-20(30-25(33)18-35-19-26(30)34)45-23-3-4-27-24(16-23)31(38-37-27)22-2-5-28(36-17-22)40-12-14-41(15-13-40)32(44)21-6-9-39(10-7-21)11-8-29(42)43;;/h2-5,16-21H,6-15H2,1H3,(H,37,38)(H,42,43);2*1H/t20-;;/m1../s1. The number of nitrogens with one attached hydrogen (secondary N) is 1. The van der Waals surface area contributed by atoms with Crippen molar-refractivity contribution in [1.82, 2.24) is 30.0 Å². The van der Waals surface area contributed by atoms with E-state index >= 15 is 0 Å². The van der Waals surface area contributed by atoms with Crippen molar-refractivity contribution in [2.75, 3.05) is 50.7 Å². The molecule has 47 heavy (non-hydrogen) atoms. The third kappa shape index (κ3) is 8.39. The Morgan fingerprint density at radius 3 is 2.34 bits per heavy atom. The van der Waals surface area contributed by atoms with Crippen molar-refractivity contribution in [1.29, 1.82) is 0 Å². The van der Waals surface area contributed by atoms with Crippen LogP contribution in [0.2, 0.25) is 10.0 Å². The van der Waals surface area contributed by atoms with E-state index in [1.54, 1.807) is 12.4 Å². The highest BCUT2D eigenvalue weighted by Crippen LogP contribution is 2.35. The van der Waals surface area contributed by atoms with Crippen LogP contribution in [0.25, 0.3) is 22.2 Å². The number of aliphatic carboxylic acids is 1. The number of aromatic amines is 1. The number of benzene rings is 1. The summed E-state index contributed by atoms with van der Waals surface area (Å²) < 4.78 is 6.21. The lowest BCUT2D eigenvalue weighted by Gasteiger charge is -2.39. The molecule has 2 saturated heterocycles. The minimum atomic E-state index is -0.783. The molecule has 2 aliphatic rings. The first kappa shape index (κ1) is 36.5. The highest BCUT2D eigenvalue weighted by atomic mass is 35.5. The lowest BCUT2D eigenvalue weighted by atomic mass is 9.95. The van der Waals surface area contributed by atoms with Crippen molar-refractivity contribution in [3.05, 3.63) is 64.5 Å². The Kier molecular flexibility index (Phi) is 12.5. The average Bonchev–Trinajstić information content (AvgIpc) is 3.47. The van der Waals surface area contributed by atoms with Crippen molar-refractivity contribution in [3.63, 3.8) is 0 Å². The van der Waals surface area contributed by atoms with Gasteiger partial charge in [0.15, 0.2) is 0 Å². The summed E-state index contributed by atoms with van der Waals surface area (Å²) in [6.07, 6.45) is 6.25. The van der Waals surface area contributed by atoms with Crippen molar-refractivity contribution >= 4 is 76.6 Å². The summed E-state index contributed by atoms with van der Waals surface area (Å²) in [4.78, 5) is 39.1. The molecule has 1 atom stereocenters. The van der Waals surface area contributed by atoms with Crippen LogP contribution in [0.4, 0.5) is 5.82 Å². The summed E-state index contributed by atoms with van der Waals surface area (Å²) in [5.41, 5.74) is 3.20. The number of carbonyl (C=O) groups excluding carboxylic acids is 1. The zero-order valence-corrected chi connectivity index (χ0v) is 28.9. The molecule has 252 valence electrons. The van der Waals surface area contributed by atoms with Crippen LogP contribution in [-0.4, -0.2) is 92.8 Å². The lowest BCUT2D eigenvalue weighted by molar-refractivity contribution is -0.139. The van der Waals surface area contributed by atoms with Crippen molar-refractivity contribution in [3.8, 4) is 17.0 Å². The van der Waals surface area contributed by atoms with Gasteiger partial charge in [-0.3, -0.25) is 19.7 Å². The number of rotatable bonds is 9. The zero-order chi connectivity index (χ0) is 31.5. The Morgan fingerprint density at radius 2 is 1.70 bits per heavy atom. The molecule has 2 aliphatic heterocycles. The molecule has 5 heterocycles. The predicted octanol–water partition coefficient (Wildman–Crippen LogP) is 6.15. The minimum absolute atomic E-state index is 0. The first-order chi connectivity index (χ1) is 21.8. The fraction of sp³-hybridized carbons (Fsp3) is 0.406. The molecule has 0 saturated carbocycles. The van der Waals surface area contributed by atoms with Gasteiger partial charge >= 0.3 is 5.97 Å². The van der Waals surface area contributed by atoms with E-state index in [4.69, 9.17) is 38.0 Å². The molecule has 15 heteroatoms. The van der Waals surface area contributed by atoms with E-state index in [0.717, 1.165) is 53.9 Å². The number of aromatic nitrogens is 4. The van der Waals surface area contributed by atoms with E-state index in [9.17, 15) is 9.59 Å². The van der Waals surface area contributed by atoms with Crippen LogP contribution in [0.15, 0.2) is 48.9 Å². The quantitative estimate of drug-likeness (QED) is 0.209. The van der Waals surface area contributed by atoms with E-state index in [2.05, 4.69) is 25.0 Å². The number of nitrogens with zero attached hydrogens (tertiary/aromatic N) is 6. The summed E-state index contributed by atoms with van der Waals surface area (Å²) >= 11 is 12.7. The number of pyridine rings is 2. The van der Waals surface area contributed by atoms with Gasteiger partial charge < -0.3 is 24.5 Å². The maximum Gasteiger partial charge on any atom is 0.304 e. The second-order valence-corrected chi connectivity index (χ2v) is 12.3. The highest BCUT2D eigenvalue weighted by molar-refractivity contribution is 6.35. The van der Waals surface area contributed by atoms with Crippen LogP contribution in [0.3, 0.4) is 0 Å². The van der Waals surface area contributed by atoms with Crippen LogP contribution in [-0.2, 0) is 9.59 Å². The van der Waals surface area contributed by atoms with Gasteiger partial charge in [0.05, 0.1) is 22.0 Å². The Morgan fingerprint density at radius 1 is 1.00 bits per heavy atom. The van der Waals surface area contributed by atoms with Gasteiger partial charge in [-0.15, -0.1) is 24.8 Å². The summed E-state index contributed by atoms with van der Waals surface area (Å²) in [6.45, 7) is 6.72. The number of ether oxygens (including phenoxy) is 1. The van der Waals surface area contributed by atoms with Gasteiger partial charge in [0.1, 0.15) is 23.4 Å². The number of halogens is 4. The molecule has 3 aromatic heterocycles. The molecule has 4 aromatic rings. The lowest BCUT2D eigenvalue weighted by Crippen LogP contribution is -2.52. The number of H-pyrrole nitrogens is 1. The average molecular weight is 726 g/mol. The Hall–Kier alpha value is -3.35. The summed E-state index contributed by atoms with van der Waals surface area (Å²) in [5.74, 6) is 0.961. The molecule has 11 nitrogen and oxygen atoms in total. The van der Waals surface area contributed by atoms with E-state index < -0.39 is 5.97 Å². The van der Waals surface area contributed by atoms with E-state index in [-0.39, 0.29) is 49.2 Å². The van der Waals surface area contributed by atoms with Gasteiger partial charge in [0.25, 0.3) is 0 Å². The molecule has 0 spiro atoms. The van der Waals surface area contributed by atoms with Gasteiger partial charge in [0.2, 0.25) is 5.91 Å². The Bertz CT molecular complexity index is 1650. The maximum absolute atomic E-state index is 13.2. The number of hydrogen-bond acceptors (Lipinski definition) is 8. The number of anilines is 1. The minimum Gasteiger partial charge on any atom is -0.486 e. The third-order valence-electron chi connectivity index (χ3n) is 8.66. The number of carboxylic acid groups (broad SMARTS) is 1. The number of carboxylic acids is 1. The number of carbonyl (C=O) groups is 2. The van der Waals surface area contributed by atoms with Crippen LogP contribution in [0.1, 0.15) is 37.9 Å². The van der Waals surface area contributed by atoms with Crippen molar-refractivity contribution < 1.29 is 19.4 Å². The van der Waals surface area contributed by atoms with Gasteiger partial charge in [-0.05, 0) is 63.2 Å². The maximum atomic E-state index is 13.2. The topological polar surface area (TPSA) is 128 Å². The summed E-state index contributed by atoms with van der Waals surface area (Å²) in [7, 11) is 0. The Balaban J connectivity index is 0.00000250. The normalized spacial score (nSPS) is 16.3. The largest absolute Gasteiger partial charge is 0.486 e. The molecule has 0 aliphatic carbocycles. The van der Waals surface area contributed by atoms with E-state index in [1.165, 1.54) is 0 Å². The predicted molar refractivity (Wildman–Crippen MR) is 187 cm³/mol. The SMILES string of the molecule is C[C@@H](Oc1ccc2[nH]nc(-c3ccc(N4CCN(C(=O)C5CCN(CCC(=O)O)CC5)CC4)nc3)c2c1)c1c(Cl)cncc1Cl.Cl.Cl. The highest BCUT2D eigenvalue weighted by Gasteiger charge is 2.31. The molecule has 0 radical (unpaired) electrons.